The third kappa shape index (κ3) is 3.16. The van der Waals surface area contributed by atoms with E-state index in [1.54, 1.807) is 0 Å². The van der Waals surface area contributed by atoms with Gasteiger partial charge in [0.1, 0.15) is 0 Å². The molecule has 0 aromatic rings. The number of hydrogen-bond acceptors (Lipinski definition) is 2. The number of nitrogens with one attached hydrogen (secondary N) is 1. The fourth-order valence-corrected chi connectivity index (χ4v) is 5.35. The summed E-state index contributed by atoms with van der Waals surface area (Å²) in [6, 6.07) is 2.42. The van der Waals surface area contributed by atoms with Crippen molar-refractivity contribution in [1.29, 1.82) is 0 Å². The Morgan fingerprint density at radius 2 is 1.53 bits per heavy atom. The van der Waals surface area contributed by atoms with Crippen molar-refractivity contribution in [1.82, 2.24) is 10.2 Å². The second-order valence-corrected chi connectivity index (χ2v) is 8.99. The Balaban J connectivity index is 1.70. The monoisotopic (exact) mass is 264 g/mol. The predicted octanol–water partition coefficient (Wildman–Crippen LogP) is 3.42. The highest BCUT2D eigenvalue weighted by Crippen LogP contribution is 2.47. The number of rotatable bonds is 1. The molecule has 3 fully saturated rings. The van der Waals surface area contributed by atoms with Gasteiger partial charge in [0.15, 0.2) is 0 Å². The minimum Gasteiger partial charge on any atom is -0.310 e. The van der Waals surface area contributed by atoms with E-state index in [1.165, 1.54) is 51.6 Å². The highest BCUT2D eigenvalue weighted by atomic mass is 15.2. The fraction of sp³-hybridized carbons (Fsp3) is 1.00. The number of nitrogens with zero attached hydrogens (tertiary/aromatic N) is 1. The van der Waals surface area contributed by atoms with Crippen molar-refractivity contribution in [2.24, 2.45) is 10.8 Å². The molecular formula is C17H32N2. The van der Waals surface area contributed by atoms with Crippen LogP contribution in [0.1, 0.15) is 66.2 Å². The van der Waals surface area contributed by atoms with E-state index in [9.17, 15) is 0 Å². The SMILES string of the molecule is CC1(C)CC(N2CCC3CCC(C2)N3)CC(C)(C)C1. The van der Waals surface area contributed by atoms with Crippen molar-refractivity contribution in [3.63, 3.8) is 0 Å². The summed E-state index contributed by atoms with van der Waals surface area (Å²) in [6.45, 7) is 12.5. The summed E-state index contributed by atoms with van der Waals surface area (Å²) in [6.07, 6.45) is 8.37. The molecule has 0 aromatic carbocycles. The quantitative estimate of drug-likeness (QED) is 0.781. The maximum absolute atomic E-state index is 3.82. The van der Waals surface area contributed by atoms with Gasteiger partial charge in [-0.05, 0) is 55.9 Å². The molecule has 2 saturated heterocycles. The fourth-order valence-electron chi connectivity index (χ4n) is 5.35. The van der Waals surface area contributed by atoms with Crippen molar-refractivity contribution in [2.45, 2.75) is 84.3 Å². The minimum atomic E-state index is 0.519. The average molecular weight is 264 g/mol. The molecule has 0 radical (unpaired) electrons. The van der Waals surface area contributed by atoms with Crippen LogP contribution in [0.5, 0.6) is 0 Å². The van der Waals surface area contributed by atoms with Crippen molar-refractivity contribution >= 4 is 0 Å². The van der Waals surface area contributed by atoms with E-state index in [1.807, 2.05) is 0 Å². The molecule has 2 heteroatoms. The lowest BCUT2D eigenvalue weighted by Crippen LogP contribution is -2.48. The van der Waals surface area contributed by atoms with E-state index < -0.39 is 0 Å². The van der Waals surface area contributed by atoms with Gasteiger partial charge in [-0.25, -0.2) is 0 Å². The lowest BCUT2D eigenvalue weighted by atomic mass is 9.63. The Morgan fingerprint density at radius 3 is 2.21 bits per heavy atom. The molecule has 19 heavy (non-hydrogen) atoms. The molecule has 2 bridgehead atoms. The maximum atomic E-state index is 3.82. The summed E-state index contributed by atoms with van der Waals surface area (Å²) < 4.78 is 0. The molecule has 110 valence electrons. The van der Waals surface area contributed by atoms with Gasteiger partial charge in [0.25, 0.3) is 0 Å². The summed E-state index contributed by atoms with van der Waals surface area (Å²) in [7, 11) is 0. The summed E-state index contributed by atoms with van der Waals surface area (Å²) in [5.41, 5.74) is 1.04. The summed E-state index contributed by atoms with van der Waals surface area (Å²) in [5.74, 6) is 0. The van der Waals surface area contributed by atoms with Gasteiger partial charge in [-0.15, -0.1) is 0 Å². The number of hydrogen-bond donors (Lipinski definition) is 1. The maximum Gasteiger partial charge on any atom is 0.0198 e. The minimum absolute atomic E-state index is 0.519. The molecule has 3 rings (SSSR count). The Labute approximate surface area is 119 Å². The van der Waals surface area contributed by atoms with E-state index in [-0.39, 0.29) is 0 Å². The van der Waals surface area contributed by atoms with Crippen molar-refractivity contribution in [3.8, 4) is 0 Å². The van der Waals surface area contributed by atoms with Crippen molar-refractivity contribution < 1.29 is 0 Å². The zero-order valence-electron chi connectivity index (χ0n) is 13.3. The van der Waals surface area contributed by atoms with Gasteiger partial charge < -0.3 is 5.32 Å². The van der Waals surface area contributed by atoms with E-state index in [2.05, 4.69) is 37.9 Å². The highest BCUT2D eigenvalue weighted by Gasteiger charge is 2.42. The highest BCUT2D eigenvalue weighted by molar-refractivity contribution is 4.97. The van der Waals surface area contributed by atoms with Crippen LogP contribution in [0.3, 0.4) is 0 Å². The molecule has 3 aliphatic rings. The summed E-state index contributed by atoms with van der Waals surface area (Å²) in [5, 5.41) is 3.82. The molecule has 0 spiro atoms. The molecule has 0 aromatic heterocycles. The zero-order valence-corrected chi connectivity index (χ0v) is 13.3. The molecule has 2 heterocycles. The Morgan fingerprint density at radius 1 is 0.895 bits per heavy atom. The van der Waals surface area contributed by atoms with Crippen LogP contribution in [0.15, 0.2) is 0 Å². The normalized spacial score (nSPS) is 39.2. The Bertz CT molecular complexity index is 318. The van der Waals surface area contributed by atoms with Gasteiger partial charge in [0, 0.05) is 24.7 Å². The molecule has 2 unspecified atom stereocenters. The molecule has 0 amide bonds. The first-order valence-corrected chi connectivity index (χ1v) is 8.33. The van der Waals surface area contributed by atoms with Gasteiger partial charge in [0.05, 0.1) is 0 Å². The van der Waals surface area contributed by atoms with E-state index in [0.717, 1.165) is 18.1 Å². The van der Waals surface area contributed by atoms with E-state index in [4.69, 9.17) is 0 Å². The molecule has 1 saturated carbocycles. The molecule has 1 aliphatic carbocycles. The second-order valence-electron chi connectivity index (χ2n) is 8.99. The largest absolute Gasteiger partial charge is 0.310 e. The van der Waals surface area contributed by atoms with Gasteiger partial charge in [0.2, 0.25) is 0 Å². The average Bonchev–Trinajstić information content (AvgIpc) is 2.53. The molecular weight excluding hydrogens is 232 g/mol. The molecule has 2 atom stereocenters. The van der Waals surface area contributed by atoms with Crippen LogP contribution in [0, 0.1) is 10.8 Å². The van der Waals surface area contributed by atoms with E-state index >= 15 is 0 Å². The van der Waals surface area contributed by atoms with Crippen LogP contribution >= 0.6 is 0 Å². The van der Waals surface area contributed by atoms with Crippen LogP contribution in [0.2, 0.25) is 0 Å². The van der Waals surface area contributed by atoms with Gasteiger partial charge in [-0.3, -0.25) is 4.90 Å². The van der Waals surface area contributed by atoms with E-state index in [0.29, 0.717) is 10.8 Å². The lowest BCUT2D eigenvalue weighted by Gasteiger charge is -2.49. The number of likely N-dealkylation sites (tertiary alicyclic amines) is 1. The van der Waals surface area contributed by atoms with Crippen LogP contribution in [-0.2, 0) is 0 Å². The van der Waals surface area contributed by atoms with Crippen molar-refractivity contribution in [2.75, 3.05) is 13.1 Å². The van der Waals surface area contributed by atoms with Crippen molar-refractivity contribution in [3.05, 3.63) is 0 Å². The zero-order chi connectivity index (χ0) is 13.7. The van der Waals surface area contributed by atoms with Crippen LogP contribution in [0.25, 0.3) is 0 Å². The van der Waals surface area contributed by atoms with Crippen LogP contribution in [0.4, 0.5) is 0 Å². The number of fused-ring (bicyclic) bond motifs is 2. The second kappa shape index (κ2) is 4.73. The first-order chi connectivity index (χ1) is 8.83. The first kappa shape index (κ1) is 13.9. The van der Waals surface area contributed by atoms with Gasteiger partial charge >= 0.3 is 0 Å². The first-order valence-electron chi connectivity index (χ1n) is 8.33. The van der Waals surface area contributed by atoms with Crippen LogP contribution in [-0.4, -0.2) is 36.1 Å². The summed E-state index contributed by atoms with van der Waals surface area (Å²) >= 11 is 0. The van der Waals surface area contributed by atoms with Gasteiger partial charge in [-0.2, -0.15) is 0 Å². The smallest absolute Gasteiger partial charge is 0.0198 e. The molecule has 1 N–H and O–H groups in total. The Hall–Kier alpha value is -0.0800. The Kier molecular flexibility index (Phi) is 3.46. The third-order valence-electron chi connectivity index (χ3n) is 5.60. The van der Waals surface area contributed by atoms with Gasteiger partial charge in [-0.1, -0.05) is 27.7 Å². The third-order valence-corrected chi connectivity index (χ3v) is 5.60. The lowest BCUT2D eigenvalue weighted by molar-refractivity contribution is 0.0225. The molecule has 2 nitrogen and oxygen atoms in total. The topological polar surface area (TPSA) is 15.3 Å². The van der Waals surface area contributed by atoms with Crippen LogP contribution < -0.4 is 5.32 Å². The summed E-state index contributed by atoms with van der Waals surface area (Å²) in [4.78, 5) is 2.83. The predicted molar refractivity (Wildman–Crippen MR) is 81.3 cm³/mol. The standard InChI is InChI=1S/C17H32N2/c1-16(2)9-15(10-17(3,4)12-16)19-8-7-13-5-6-14(11-19)18-13/h13-15,18H,5-12H2,1-4H3. The molecule has 2 aliphatic heterocycles.